The summed E-state index contributed by atoms with van der Waals surface area (Å²) >= 11 is 0. The number of aryl methyl sites for hydroxylation is 1. The number of oxazole rings is 1. The van der Waals surface area contributed by atoms with Gasteiger partial charge in [0.2, 0.25) is 12.7 Å². The van der Waals surface area contributed by atoms with E-state index in [4.69, 9.17) is 23.6 Å². The van der Waals surface area contributed by atoms with Crippen molar-refractivity contribution in [2.75, 3.05) is 13.4 Å². The van der Waals surface area contributed by atoms with Gasteiger partial charge in [-0.25, -0.2) is 4.98 Å². The summed E-state index contributed by atoms with van der Waals surface area (Å²) in [5.74, 6) is 2.80. The molecular weight excluding hydrogens is 470 g/mol. The smallest absolute Gasteiger partial charge is 0.303 e. The van der Waals surface area contributed by atoms with Crippen molar-refractivity contribution < 1.29 is 28.5 Å². The number of aromatic nitrogens is 1. The van der Waals surface area contributed by atoms with Crippen LogP contribution in [0.15, 0.2) is 65.1 Å². The number of ether oxygens (including phenoxy) is 3. The van der Waals surface area contributed by atoms with Crippen molar-refractivity contribution in [2.24, 2.45) is 0 Å². The summed E-state index contributed by atoms with van der Waals surface area (Å²) < 4.78 is 23.4. The number of fused-ring (bicyclic) bond motifs is 2. The molecule has 188 valence electrons. The lowest BCUT2D eigenvalue weighted by Gasteiger charge is -2.17. The van der Waals surface area contributed by atoms with Crippen LogP contribution in [0.4, 0.5) is 0 Å². The molecule has 6 rings (SSSR count). The molecule has 0 amide bonds. The number of aliphatic carboxylic acids is 1. The first kappa shape index (κ1) is 23.2. The van der Waals surface area contributed by atoms with E-state index in [1.54, 1.807) is 0 Å². The lowest BCUT2D eigenvalue weighted by molar-refractivity contribution is -0.137. The van der Waals surface area contributed by atoms with Crippen LogP contribution in [0.5, 0.6) is 17.2 Å². The Morgan fingerprint density at radius 2 is 1.89 bits per heavy atom. The SMILES string of the molecule is Cc1oc(-c2ccccc2)nc1CCOc1ccc2c(c1-c1ccc3c(c1)OCO3)CCC2CC(=O)O. The predicted octanol–water partition coefficient (Wildman–Crippen LogP) is 6.17. The molecule has 2 aliphatic rings. The van der Waals surface area contributed by atoms with Crippen LogP contribution < -0.4 is 14.2 Å². The zero-order chi connectivity index (χ0) is 25.4. The van der Waals surface area contributed by atoms with Gasteiger partial charge in [0.15, 0.2) is 11.5 Å². The highest BCUT2D eigenvalue weighted by Gasteiger charge is 2.29. The molecule has 1 N–H and O–H groups in total. The second-order valence-corrected chi connectivity index (χ2v) is 9.39. The molecule has 0 radical (unpaired) electrons. The number of nitrogens with zero attached hydrogens (tertiary/aromatic N) is 1. The molecule has 0 spiro atoms. The topological polar surface area (TPSA) is 91.0 Å². The van der Waals surface area contributed by atoms with Gasteiger partial charge in [-0.15, -0.1) is 0 Å². The summed E-state index contributed by atoms with van der Waals surface area (Å²) in [5.41, 5.74) is 6.00. The van der Waals surface area contributed by atoms with E-state index in [-0.39, 0.29) is 19.1 Å². The predicted molar refractivity (Wildman–Crippen MR) is 137 cm³/mol. The van der Waals surface area contributed by atoms with Gasteiger partial charge >= 0.3 is 5.97 Å². The van der Waals surface area contributed by atoms with Gasteiger partial charge in [0, 0.05) is 17.5 Å². The standard InChI is InChI=1S/C30H27NO6/c1-18-24(31-30(37-18)19-5-3-2-4-6-19)13-14-34-26-12-10-22-20(16-28(32)33)7-9-23(22)29(26)21-8-11-25-27(15-21)36-17-35-25/h2-6,8,10-12,15,20H,7,9,13-14,16-17H2,1H3,(H,32,33). The zero-order valence-corrected chi connectivity index (χ0v) is 20.5. The van der Waals surface area contributed by atoms with E-state index in [0.717, 1.165) is 63.6 Å². The van der Waals surface area contributed by atoms with Gasteiger partial charge in [0.05, 0.1) is 18.7 Å². The van der Waals surface area contributed by atoms with Crippen LogP contribution in [0.1, 0.15) is 41.3 Å². The minimum absolute atomic E-state index is 0.00324. The third kappa shape index (κ3) is 4.53. The fourth-order valence-electron chi connectivity index (χ4n) is 5.30. The van der Waals surface area contributed by atoms with Crippen LogP contribution in [-0.2, 0) is 17.6 Å². The number of hydrogen-bond acceptors (Lipinski definition) is 6. The summed E-state index contributed by atoms with van der Waals surface area (Å²) in [5, 5.41) is 9.40. The van der Waals surface area contributed by atoms with E-state index in [2.05, 4.69) is 0 Å². The summed E-state index contributed by atoms with van der Waals surface area (Å²) in [6.45, 7) is 2.55. The molecule has 0 fully saturated rings. The average molecular weight is 498 g/mol. The number of carboxylic acid groups (broad SMARTS) is 1. The number of carboxylic acids is 1. The highest BCUT2D eigenvalue weighted by molar-refractivity contribution is 5.79. The van der Waals surface area contributed by atoms with Crippen LogP contribution in [0, 0.1) is 6.92 Å². The molecule has 3 aromatic carbocycles. The fraction of sp³-hybridized carbons (Fsp3) is 0.267. The summed E-state index contributed by atoms with van der Waals surface area (Å²) in [6, 6.07) is 19.7. The molecule has 1 aromatic heterocycles. The van der Waals surface area contributed by atoms with Crippen molar-refractivity contribution in [3.05, 3.63) is 83.2 Å². The van der Waals surface area contributed by atoms with Gasteiger partial charge in [-0.05, 0) is 72.7 Å². The van der Waals surface area contributed by atoms with Crippen molar-refractivity contribution in [2.45, 2.75) is 38.5 Å². The van der Waals surface area contributed by atoms with Crippen molar-refractivity contribution in [3.63, 3.8) is 0 Å². The normalized spacial score (nSPS) is 15.5. The Morgan fingerprint density at radius 1 is 1.05 bits per heavy atom. The van der Waals surface area contributed by atoms with Gasteiger partial charge in [-0.3, -0.25) is 4.79 Å². The van der Waals surface area contributed by atoms with Gasteiger partial charge in [-0.1, -0.05) is 30.3 Å². The van der Waals surface area contributed by atoms with Crippen molar-refractivity contribution in [3.8, 4) is 39.8 Å². The molecule has 37 heavy (non-hydrogen) atoms. The average Bonchev–Trinajstić information content (AvgIpc) is 3.63. The Hall–Kier alpha value is -4.26. The number of hydrogen-bond donors (Lipinski definition) is 1. The minimum Gasteiger partial charge on any atom is -0.493 e. The third-order valence-corrected chi connectivity index (χ3v) is 7.09. The highest BCUT2D eigenvalue weighted by Crippen LogP contribution is 2.47. The lowest BCUT2D eigenvalue weighted by atomic mass is 9.92. The van der Waals surface area contributed by atoms with E-state index >= 15 is 0 Å². The summed E-state index contributed by atoms with van der Waals surface area (Å²) in [7, 11) is 0. The van der Waals surface area contributed by atoms with Gasteiger partial charge in [-0.2, -0.15) is 0 Å². The zero-order valence-electron chi connectivity index (χ0n) is 20.5. The Bertz CT molecular complexity index is 1460. The maximum atomic E-state index is 11.4. The van der Waals surface area contributed by atoms with Gasteiger partial charge in [0.1, 0.15) is 11.5 Å². The van der Waals surface area contributed by atoms with Crippen LogP contribution in [0.3, 0.4) is 0 Å². The number of carbonyl (C=O) groups is 1. The van der Waals surface area contributed by atoms with E-state index in [1.165, 1.54) is 0 Å². The minimum atomic E-state index is -0.777. The molecule has 1 unspecified atom stereocenters. The largest absolute Gasteiger partial charge is 0.493 e. The molecule has 2 heterocycles. The van der Waals surface area contributed by atoms with E-state index < -0.39 is 5.97 Å². The number of benzene rings is 3. The van der Waals surface area contributed by atoms with Gasteiger partial charge < -0.3 is 23.7 Å². The quantitative estimate of drug-likeness (QED) is 0.311. The molecule has 7 nitrogen and oxygen atoms in total. The first-order valence-corrected chi connectivity index (χ1v) is 12.5. The molecule has 1 aliphatic heterocycles. The fourth-order valence-corrected chi connectivity index (χ4v) is 5.30. The van der Waals surface area contributed by atoms with Crippen LogP contribution in [-0.4, -0.2) is 29.5 Å². The maximum absolute atomic E-state index is 11.4. The van der Waals surface area contributed by atoms with Crippen molar-refractivity contribution >= 4 is 5.97 Å². The van der Waals surface area contributed by atoms with Crippen molar-refractivity contribution in [1.82, 2.24) is 4.98 Å². The Balaban J connectivity index is 1.28. The van der Waals surface area contributed by atoms with Crippen LogP contribution in [0.25, 0.3) is 22.6 Å². The van der Waals surface area contributed by atoms with Crippen molar-refractivity contribution in [1.29, 1.82) is 0 Å². The lowest BCUT2D eigenvalue weighted by Crippen LogP contribution is -2.06. The Labute approximate surface area is 214 Å². The number of rotatable bonds is 8. The Morgan fingerprint density at radius 3 is 2.73 bits per heavy atom. The Kier molecular flexibility index (Phi) is 6.04. The molecular formula is C30H27NO6. The summed E-state index contributed by atoms with van der Waals surface area (Å²) in [6.07, 6.45) is 2.34. The summed E-state index contributed by atoms with van der Waals surface area (Å²) in [4.78, 5) is 16.1. The van der Waals surface area contributed by atoms with Crippen LogP contribution in [0.2, 0.25) is 0 Å². The van der Waals surface area contributed by atoms with E-state index in [9.17, 15) is 9.90 Å². The highest BCUT2D eigenvalue weighted by atomic mass is 16.7. The van der Waals surface area contributed by atoms with E-state index in [1.807, 2.05) is 67.6 Å². The molecule has 1 aliphatic carbocycles. The molecule has 0 bridgehead atoms. The molecule has 0 saturated heterocycles. The maximum Gasteiger partial charge on any atom is 0.303 e. The molecule has 4 aromatic rings. The first-order valence-electron chi connectivity index (χ1n) is 12.5. The monoisotopic (exact) mass is 497 g/mol. The van der Waals surface area contributed by atoms with E-state index in [0.29, 0.717) is 24.7 Å². The molecule has 0 saturated carbocycles. The molecule has 7 heteroatoms. The molecule has 1 atom stereocenters. The van der Waals surface area contributed by atoms with Gasteiger partial charge in [0.25, 0.3) is 0 Å². The first-order chi connectivity index (χ1) is 18.1. The van der Waals surface area contributed by atoms with Crippen LogP contribution >= 0.6 is 0 Å². The third-order valence-electron chi connectivity index (χ3n) is 7.09. The second-order valence-electron chi connectivity index (χ2n) is 9.39. The second kappa shape index (κ2) is 9.65.